The van der Waals surface area contributed by atoms with Gasteiger partial charge in [-0.25, -0.2) is 8.42 Å². The van der Waals surface area contributed by atoms with E-state index in [-0.39, 0.29) is 18.0 Å². The van der Waals surface area contributed by atoms with E-state index in [1.54, 1.807) is 12.1 Å². The third-order valence-electron chi connectivity index (χ3n) is 5.55. The standard InChI is InChI=1S/C22H28N2O3S/c1-13-9-15(3)20(10-14(13)2)17(5)23-22(25)18-7-8-21-19(12-18)11-16(4)24(21)28(6,26)27/h7-10,12,16-17H,11H2,1-6H3,(H,23,25)/t16-,17+/m0/s1. The van der Waals surface area contributed by atoms with E-state index in [0.29, 0.717) is 17.7 Å². The maximum absolute atomic E-state index is 12.8. The number of carbonyl (C=O) groups excluding carboxylic acids is 1. The molecule has 2 aromatic rings. The van der Waals surface area contributed by atoms with E-state index in [1.165, 1.54) is 21.7 Å². The molecule has 0 aromatic heterocycles. The summed E-state index contributed by atoms with van der Waals surface area (Å²) in [6, 6.07) is 9.26. The third-order valence-corrected chi connectivity index (χ3v) is 6.82. The third kappa shape index (κ3) is 3.78. The van der Waals surface area contributed by atoms with Crippen LogP contribution >= 0.6 is 0 Å². The summed E-state index contributed by atoms with van der Waals surface area (Å²) < 4.78 is 25.6. The second kappa shape index (κ2) is 7.24. The summed E-state index contributed by atoms with van der Waals surface area (Å²) in [7, 11) is -3.33. The van der Waals surface area contributed by atoms with Crippen molar-refractivity contribution in [3.8, 4) is 0 Å². The monoisotopic (exact) mass is 400 g/mol. The summed E-state index contributed by atoms with van der Waals surface area (Å²) in [5.41, 5.74) is 6.81. The van der Waals surface area contributed by atoms with Gasteiger partial charge in [0.1, 0.15) is 0 Å². The Kier molecular flexibility index (Phi) is 5.28. The van der Waals surface area contributed by atoms with E-state index in [0.717, 1.165) is 16.7 Å². The maximum atomic E-state index is 12.8. The Morgan fingerprint density at radius 2 is 1.75 bits per heavy atom. The molecule has 3 rings (SSSR count). The number of anilines is 1. The molecule has 2 aromatic carbocycles. The van der Waals surface area contributed by atoms with E-state index in [1.807, 2.05) is 19.9 Å². The van der Waals surface area contributed by atoms with Crippen LogP contribution in [0.3, 0.4) is 0 Å². The van der Waals surface area contributed by atoms with Crippen molar-refractivity contribution < 1.29 is 13.2 Å². The molecule has 0 bridgehead atoms. The highest BCUT2D eigenvalue weighted by molar-refractivity contribution is 7.92. The van der Waals surface area contributed by atoms with Gasteiger partial charge in [0.2, 0.25) is 10.0 Å². The molecule has 0 saturated carbocycles. The number of benzene rings is 2. The maximum Gasteiger partial charge on any atom is 0.251 e. The van der Waals surface area contributed by atoms with Crippen LogP contribution in [0, 0.1) is 20.8 Å². The van der Waals surface area contributed by atoms with Crippen LogP contribution in [-0.2, 0) is 16.4 Å². The van der Waals surface area contributed by atoms with Crippen molar-refractivity contribution in [2.24, 2.45) is 0 Å². The van der Waals surface area contributed by atoms with Crippen molar-refractivity contribution in [1.82, 2.24) is 5.32 Å². The number of carbonyl (C=O) groups is 1. The summed E-state index contributed by atoms with van der Waals surface area (Å²) in [6.07, 6.45) is 1.82. The zero-order chi connectivity index (χ0) is 20.8. The van der Waals surface area contributed by atoms with Gasteiger partial charge in [-0.05, 0) is 87.1 Å². The predicted molar refractivity (Wildman–Crippen MR) is 113 cm³/mol. The Hall–Kier alpha value is -2.34. The Labute approximate surface area is 167 Å². The van der Waals surface area contributed by atoms with Gasteiger partial charge in [-0.2, -0.15) is 0 Å². The van der Waals surface area contributed by atoms with E-state index in [4.69, 9.17) is 0 Å². The fraction of sp³-hybridized carbons (Fsp3) is 0.409. The lowest BCUT2D eigenvalue weighted by Crippen LogP contribution is -2.34. The summed E-state index contributed by atoms with van der Waals surface area (Å²) >= 11 is 0. The van der Waals surface area contributed by atoms with Crippen molar-refractivity contribution in [2.75, 3.05) is 10.6 Å². The van der Waals surface area contributed by atoms with Crippen molar-refractivity contribution in [3.63, 3.8) is 0 Å². The first-order valence-corrected chi connectivity index (χ1v) is 11.3. The lowest BCUT2D eigenvalue weighted by Gasteiger charge is -2.22. The van der Waals surface area contributed by atoms with Gasteiger partial charge in [-0.1, -0.05) is 12.1 Å². The molecule has 150 valence electrons. The van der Waals surface area contributed by atoms with Crippen molar-refractivity contribution in [2.45, 2.75) is 53.1 Å². The molecule has 0 radical (unpaired) electrons. The highest BCUT2D eigenvalue weighted by Gasteiger charge is 2.32. The number of fused-ring (bicyclic) bond motifs is 1. The highest BCUT2D eigenvalue weighted by atomic mass is 32.2. The number of nitrogens with one attached hydrogen (secondary N) is 1. The minimum absolute atomic E-state index is 0.119. The molecule has 2 atom stereocenters. The number of amides is 1. The SMILES string of the molecule is Cc1cc(C)c([C@@H](C)NC(=O)c2ccc3c(c2)C[C@H](C)N3S(C)(=O)=O)cc1C. The van der Waals surface area contributed by atoms with Crippen LogP contribution in [0.5, 0.6) is 0 Å². The largest absolute Gasteiger partial charge is 0.346 e. The number of aryl methyl sites for hydroxylation is 3. The minimum atomic E-state index is -3.33. The first-order valence-electron chi connectivity index (χ1n) is 9.50. The molecule has 5 nitrogen and oxygen atoms in total. The molecule has 0 unspecified atom stereocenters. The molecule has 1 amide bonds. The number of hydrogen-bond donors (Lipinski definition) is 1. The molecule has 6 heteroatoms. The average Bonchev–Trinajstić information content (AvgIpc) is 2.92. The lowest BCUT2D eigenvalue weighted by atomic mass is 9.96. The predicted octanol–water partition coefficient (Wildman–Crippen LogP) is 3.81. The van der Waals surface area contributed by atoms with Crippen molar-refractivity contribution in [3.05, 3.63) is 63.7 Å². The van der Waals surface area contributed by atoms with E-state index < -0.39 is 10.0 Å². The van der Waals surface area contributed by atoms with Crippen molar-refractivity contribution >= 4 is 21.6 Å². The van der Waals surface area contributed by atoms with Gasteiger partial charge in [0.05, 0.1) is 18.0 Å². The van der Waals surface area contributed by atoms with Crippen LogP contribution < -0.4 is 9.62 Å². The summed E-state index contributed by atoms with van der Waals surface area (Å²) in [4.78, 5) is 12.8. The van der Waals surface area contributed by atoms with Crippen LogP contribution in [0.2, 0.25) is 0 Å². The fourth-order valence-electron chi connectivity index (χ4n) is 4.06. The van der Waals surface area contributed by atoms with Gasteiger partial charge in [0, 0.05) is 11.6 Å². The lowest BCUT2D eigenvalue weighted by molar-refractivity contribution is 0.0939. The van der Waals surface area contributed by atoms with Gasteiger partial charge in [-0.3, -0.25) is 9.10 Å². The van der Waals surface area contributed by atoms with E-state index >= 15 is 0 Å². The van der Waals surface area contributed by atoms with Gasteiger partial charge in [0.25, 0.3) is 5.91 Å². The number of sulfonamides is 1. The first kappa shape index (κ1) is 20.4. The molecule has 0 spiro atoms. The fourth-order valence-corrected chi connectivity index (χ4v) is 5.32. The topological polar surface area (TPSA) is 66.5 Å². The van der Waals surface area contributed by atoms with Crippen LogP contribution in [0.15, 0.2) is 30.3 Å². The molecular formula is C22H28N2O3S. The second-order valence-corrected chi connectivity index (χ2v) is 9.80. The smallest absolute Gasteiger partial charge is 0.251 e. The van der Waals surface area contributed by atoms with Gasteiger partial charge < -0.3 is 5.32 Å². The van der Waals surface area contributed by atoms with Crippen LogP contribution in [0.4, 0.5) is 5.69 Å². The molecule has 28 heavy (non-hydrogen) atoms. The Bertz CT molecular complexity index is 1040. The molecule has 0 fully saturated rings. The molecule has 1 heterocycles. The Balaban J connectivity index is 1.83. The highest BCUT2D eigenvalue weighted by Crippen LogP contribution is 2.34. The molecule has 1 aliphatic rings. The number of hydrogen-bond acceptors (Lipinski definition) is 3. The minimum Gasteiger partial charge on any atom is -0.346 e. The Morgan fingerprint density at radius 3 is 2.39 bits per heavy atom. The van der Waals surface area contributed by atoms with Crippen molar-refractivity contribution in [1.29, 1.82) is 0 Å². The molecular weight excluding hydrogens is 372 g/mol. The van der Waals surface area contributed by atoms with Gasteiger partial charge in [-0.15, -0.1) is 0 Å². The van der Waals surface area contributed by atoms with E-state index in [2.05, 4.69) is 38.2 Å². The first-order chi connectivity index (χ1) is 13.0. The van der Waals surface area contributed by atoms with Gasteiger partial charge in [0.15, 0.2) is 0 Å². The quantitative estimate of drug-likeness (QED) is 0.849. The normalized spacial score (nSPS) is 17.4. The number of rotatable bonds is 4. The van der Waals surface area contributed by atoms with E-state index in [9.17, 15) is 13.2 Å². The summed E-state index contributed by atoms with van der Waals surface area (Å²) in [5, 5.41) is 3.07. The van der Waals surface area contributed by atoms with Crippen LogP contribution in [-0.4, -0.2) is 26.6 Å². The van der Waals surface area contributed by atoms with Crippen LogP contribution in [0.25, 0.3) is 0 Å². The molecule has 1 N–H and O–H groups in total. The molecule has 1 aliphatic heterocycles. The average molecular weight is 401 g/mol. The zero-order valence-corrected chi connectivity index (χ0v) is 18.1. The summed E-state index contributed by atoms with van der Waals surface area (Å²) in [5.74, 6) is -0.154. The zero-order valence-electron chi connectivity index (χ0n) is 17.3. The second-order valence-electron chi connectivity index (χ2n) is 7.94. The summed E-state index contributed by atoms with van der Waals surface area (Å²) in [6.45, 7) is 10.1. The van der Waals surface area contributed by atoms with Gasteiger partial charge >= 0.3 is 0 Å². The molecule has 0 saturated heterocycles. The Morgan fingerprint density at radius 1 is 1.11 bits per heavy atom. The molecule has 0 aliphatic carbocycles. The van der Waals surface area contributed by atoms with Crippen LogP contribution in [0.1, 0.15) is 58.1 Å². The number of nitrogens with zero attached hydrogens (tertiary/aromatic N) is 1.